The van der Waals surface area contributed by atoms with Crippen molar-refractivity contribution in [1.82, 2.24) is 15.2 Å². The predicted octanol–water partition coefficient (Wildman–Crippen LogP) is -0.412. The Morgan fingerprint density at radius 2 is 2.40 bits per heavy atom. The Morgan fingerprint density at radius 3 is 2.93 bits per heavy atom. The lowest BCUT2D eigenvalue weighted by molar-refractivity contribution is 0.0575. The summed E-state index contributed by atoms with van der Waals surface area (Å²) in [5.74, 6) is 5.45. The molecule has 0 amide bonds. The summed E-state index contributed by atoms with van der Waals surface area (Å²) >= 11 is 0. The average molecular weight is 214 g/mol. The molecule has 1 unspecified atom stereocenters. The van der Waals surface area contributed by atoms with Crippen molar-refractivity contribution in [1.29, 1.82) is 0 Å². The second-order valence-electron chi connectivity index (χ2n) is 3.17. The first kappa shape index (κ1) is 12.1. The van der Waals surface area contributed by atoms with Gasteiger partial charge >= 0.3 is 0 Å². The van der Waals surface area contributed by atoms with Gasteiger partial charge in [0.05, 0.1) is 31.6 Å². The van der Waals surface area contributed by atoms with Gasteiger partial charge < -0.3 is 9.47 Å². The van der Waals surface area contributed by atoms with Crippen molar-refractivity contribution in [2.24, 2.45) is 12.9 Å². The van der Waals surface area contributed by atoms with E-state index in [1.807, 2.05) is 13.1 Å². The molecule has 1 heterocycles. The lowest BCUT2D eigenvalue weighted by atomic mass is 10.2. The van der Waals surface area contributed by atoms with Crippen LogP contribution in [0.2, 0.25) is 0 Å². The molecule has 0 aliphatic carbocycles. The first-order chi connectivity index (χ1) is 7.29. The van der Waals surface area contributed by atoms with E-state index in [0.29, 0.717) is 19.8 Å². The summed E-state index contributed by atoms with van der Waals surface area (Å²) in [4.78, 5) is 0. The molecule has 1 atom stereocenters. The molecule has 0 aliphatic rings. The van der Waals surface area contributed by atoms with Crippen molar-refractivity contribution in [3.05, 3.63) is 18.0 Å². The van der Waals surface area contributed by atoms with E-state index in [-0.39, 0.29) is 6.04 Å². The van der Waals surface area contributed by atoms with Crippen LogP contribution in [0.15, 0.2) is 12.3 Å². The number of rotatable bonds is 7. The maximum atomic E-state index is 5.45. The Morgan fingerprint density at radius 1 is 1.60 bits per heavy atom. The van der Waals surface area contributed by atoms with Crippen LogP contribution < -0.4 is 11.3 Å². The van der Waals surface area contributed by atoms with Crippen LogP contribution in [0.25, 0.3) is 0 Å². The number of nitrogens with one attached hydrogen (secondary N) is 1. The van der Waals surface area contributed by atoms with E-state index in [1.165, 1.54) is 0 Å². The fourth-order valence-corrected chi connectivity index (χ4v) is 1.29. The van der Waals surface area contributed by atoms with Crippen LogP contribution in [0.1, 0.15) is 11.7 Å². The zero-order chi connectivity index (χ0) is 11.1. The van der Waals surface area contributed by atoms with Gasteiger partial charge in [-0.2, -0.15) is 5.10 Å². The number of hydrogen-bond acceptors (Lipinski definition) is 5. The van der Waals surface area contributed by atoms with Gasteiger partial charge in [0.1, 0.15) is 0 Å². The van der Waals surface area contributed by atoms with Gasteiger partial charge in [0.2, 0.25) is 0 Å². The maximum absolute atomic E-state index is 5.45. The Balaban J connectivity index is 2.39. The van der Waals surface area contributed by atoms with Crippen LogP contribution in [0.5, 0.6) is 0 Å². The van der Waals surface area contributed by atoms with E-state index in [2.05, 4.69) is 10.5 Å². The molecule has 6 nitrogen and oxygen atoms in total. The number of hydrogen-bond donors (Lipinski definition) is 2. The van der Waals surface area contributed by atoms with E-state index in [9.17, 15) is 0 Å². The largest absolute Gasteiger partial charge is 0.382 e. The second-order valence-corrected chi connectivity index (χ2v) is 3.17. The fraction of sp³-hybridized carbons (Fsp3) is 0.667. The summed E-state index contributed by atoms with van der Waals surface area (Å²) in [7, 11) is 3.51. The summed E-state index contributed by atoms with van der Waals surface area (Å²) < 4.78 is 12.0. The minimum Gasteiger partial charge on any atom is -0.382 e. The molecule has 0 spiro atoms. The Hall–Kier alpha value is -0.950. The highest BCUT2D eigenvalue weighted by atomic mass is 16.5. The molecule has 3 N–H and O–H groups in total. The molecule has 0 fully saturated rings. The third-order valence-electron chi connectivity index (χ3n) is 2.13. The van der Waals surface area contributed by atoms with Gasteiger partial charge in [-0.3, -0.25) is 10.5 Å². The Bertz CT molecular complexity index is 277. The maximum Gasteiger partial charge on any atom is 0.0862 e. The molecule has 1 aromatic heterocycles. The summed E-state index contributed by atoms with van der Waals surface area (Å²) in [6.45, 7) is 1.65. The molecule has 15 heavy (non-hydrogen) atoms. The molecule has 1 aromatic rings. The van der Waals surface area contributed by atoms with Gasteiger partial charge in [0, 0.05) is 20.4 Å². The first-order valence-electron chi connectivity index (χ1n) is 4.80. The Kier molecular flexibility index (Phi) is 5.27. The van der Waals surface area contributed by atoms with Gasteiger partial charge in [0.25, 0.3) is 0 Å². The number of aromatic nitrogens is 2. The third-order valence-corrected chi connectivity index (χ3v) is 2.13. The van der Waals surface area contributed by atoms with Crippen molar-refractivity contribution in [3.8, 4) is 0 Å². The molecule has 0 bridgehead atoms. The highest BCUT2D eigenvalue weighted by Crippen LogP contribution is 2.10. The van der Waals surface area contributed by atoms with Crippen LogP contribution >= 0.6 is 0 Å². The Labute approximate surface area is 89.3 Å². The van der Waals surface area contributed by atoms with E-state index in [4.69, 9.17) is 15.3 Å². The number of methoxy groups -OCH3 is 1. The van der Waals surface area contributed by atoms with E-state index < -0.39 is 0 Å². The molecule has 0 saturated heterocycles. The minimum atomic E-state index is -0.0469. The van der Waals surface area contributed by atoms with Crippen LogP contribution in [0.3, 0.4) is 0 Å². The molecular weight excluding hydrogens is 196 g/mol. The minimum absolute atomic E-state index is 0.0469. The summed E-state index contributed by atoms with van der Waals surface area (Å²) in [6, 6.07) is 1.86. The molecule has 1 rings (SSSR count). The van der Waals surface area contributed by atoms with Gasteiger partial charge in [-0.15, -0.1) is 0 Å². The van der Waals surface area contributed by atoms with E-state index >= 15 is 0 Å². The SMILES string of the molecule is COCCOCC(NN)c1ccnn1C. The summed E-state index contributed by atoms with van der Waals surface area (Å²) in [5.41, 5.74) is 3.69. The van der Waals surface area contributed by atoms with E-state index in [0.717, 1.165) is 5.69 Å². The topological polar surface area (TPSA) is 74.3 Å². The van der Waals surface area contributed by atoms with Crippen molar-refractivity contribution in [2.75, 3.05) is 26.9 Å². The summed E-state index contributed by atoms with van der Waals surface area (Å²) in [5, 5.41) is 4.07. The molecule has 0 radical (unpaired) electrons. The number of hydrazine groups is 1. The van der Waals surface area contributed by atoms with Crippen molar-refractivity contribution >= 4 is 0 Å². The lowest BCUT2D eigenvalue weighted by Gasteiger charge is -2.16. The number of aryl methyl sites for hydroxylation is 1. The standard InChI is InChI=1S/C9H18N4O2/c1-13-9(3-4-11-13)8(12-10)7-15-6-5-14-2/h3-4,8,12H,5-7,10H2,1-2H3. The molecule has 0 aromatic carbocycles. The molecule has 0 aliphatic heterocycles. The zero-order valence-electron chi connectivity index (χ0n) is 9.14. The van der Waals surface area contributed by atoms with E-state index in [1.54, 1.807) is 18.0 Å². The third kappa shape index (κ3) is 3.60. The van der Waals surface area contributed by atoms with Gasteiger partial charge in [-0.25, -0.2) is 5.43 Å². The molecule has 0 saturated carbocycles. The first-order valence-corrected chi connectivity index (χ1v) is 4.80. The normalized spacial score (nSPS) is 13.0. The molecular formula is C9H18N4O2. The number of ether oxygens (including phenoxy) is 2. The molecule has 6 heteroatoms. The van der Waals surface area contributed by atoms with Crippen LogP contribution in [-0.4, -0.2) is 36.7 Å². The summed E-state index contributed by atoms with van der Waals surface area (Å²) in [6.07, 6.45) is 1.73. The predicted molar refractivity (Wildman–Crippen MR) is 56.0 cm³/mol. The highest BCUT2D eigenvalue weighted by molar-refractivity contribution is 5.06. The van der Waals surface area contributed by atoms with Crippen molar-refractivity contribution in [2.45, 2.75) is 6.04 Å². The van der Waals surface area contributed by atoms with Gasteiger partial charge in [-0.05, 0) is 6.07 Å². The number of nitrogens with two attached hydrogens (primary N) is 1. The second kappa shape index (κ2) is 6.52. The molecule has 86 valence electrons. The van der Waals surface area contributed by atoms with Gasteiger partial charge in [0.15, 0.2) is 0 Å². The van der Waals surface area contributed by atoms with Crippen molar-refractivity contribution in [3.63, 3.8) is 0 Å². The quantitative estimate of drug-likeness (QED) is 0.366. The van der Waals surface area contributed by atoms with Crippen LogP contribution in [0.4, 0.5) is 0 Å². The monoisotopic (exact) mass is 214 g/mol. The highest BCUT2D eigenvalue weighted by Gasteiger charge is 2.12. The van der Waals surface area contributed by atoms with Crippen LogP contribution in [-0.2, 0) is 16.5 Å². The fourth-order valence-electron chi connectivity index (χ4n) is 1.29. The van der Waals surface area contributed by atoms with Crippen molar-refractivity contribution < 1.29 is 9.47 Å². The zero-order valence-corrected chi connectivity index (χ0v) is 9.14. The number of nitrogens with zero attached hydrogens (tertiary/aromatic N) is 2. The average Bonchev–Trinajstić information content (AvgIpc) is 2.65. The van der Waals surface area contributed by atoms with Crippen LogP contribution in [0, 0.1) is 0 Å². The lowest BCUT2D eigenvalue weighted by Crippen LogP contribution is -2.33. The smallest absolute Gasteiger partial charge is 0.0862 e. The van der Waals surface area contributed by atoms with Gasteiger partial charge in [-0.1, -0.05) is 0 Å².